The van der Waals surface area contributed by atoms with Crippen molar-refractivity contribution in [1.82, 2.24) is 0 Å². The molecule has 126 valence electrons. The average molecular weight is 303 g/mol. The van der Waals surface area contributed by atoms with Crippen LogP contribution in [0, 0.1) is 18.3 Å². The predicted molar refractivity (Wildman–Crippen MR) is 101 cm³/mol. The van der Waals surface area contributed by atoms with Gasteiger partial charge in [-0.3, -0.25) is 0 Å². The Morgan fingerprint density at radius 3 is 2.23 bits per heavy atom. The fourth-order valence-corrected chi connectivity index (χ4v) is 4.89. The second kappa shape index (κ2) is 7.66. The first-order chi connectivity index (χ1) is 10.4. The molecule has 0 saturated heterocycles. The van der Waals surface area contributed by atoms with Gasteiger partial charge in [-0.1, -0.05) is 78.6 Å². The van der Waals surface area contributed by atoms with Gasteiger partial charge in [0.05, 0.1) is 0 Å². The lowest BCUT2D eigenvalue weighted by molar-refractivity contribution is 0.0407. The maximum absolute atomic E-state index is 2.54. The normalized spacial score (nSPS) is 28.1. The summed E-state index contributed by atoms with van der Waals surface area (Å²) < 4.78 is 0. The van der Waals surface area contributed by atoms with E-state index in [1.165, 1.54) is 37.7 Å². The molecule has 0 heterocycles. The van der Waals surface area contributed by atoms with Gasteiger partial charge in [-0.05, 0) is 60.5 Å². The molecule has 2 atom stereocenters. The highest BCUT2D eigenvalue weighted by molar-refractivity contribution is 5.41. The van der Waals surface area contributed by atoms with E-state index in [9.17, 15) is 0 Å². The topological polar surface area (TPSA) is 0 Å². The molecule has 2 aliphatic carbocycles. The lowest BCUT2D eigenvalue weighted by Crippen LogP contribution is -2.47. The van der Waals surface area contributed by atoms with Gasteiger partial charge >= 0.3 is 0 Å². The second-order valence-electron chi connectivity index (χ2n) is 7.51. The monoisotopic (exact) mass is 302 g/mol. The summed E-state index contributed by atoms with van der Waals surface area (Å²) in [4.78, 5) is 0. The van der Waals surface area contributed by atoms with Gasteiger partial charge in [-0.25, -0.2) is 0 Å². The number of aryl methyl sites for hydroxylation is 2. The minimum atomic E-state index is 0.432. The van der Waals surface area contributed by atoms with Crippen LogP contribution in [-0.2, 0) is 11.8 Å². The highest BCUT2D eigenvalue weighted by atomic mass is 14.5. The first kappa shape index (κ1) is 19.3. The Balaban J connectivity index is 0.000000561. The Morgan fingerprint density at radius 2 is 1.59 bits per heavy atom. The third-order valence-electron chi connectivity index (χ3n) is 5.81. The van der Waals surface area contributed by atoms with Gasteiger partial charge in [0.25, 0.3) is 0 Å². The predicted octanol–water partition coefficient (Wildman–Crippen LogP) is 7.08. The number of hydrogen-bond donors (Lipinski definition) is 0. The third kappa shape index (κ3) is 3.42. The van der Waals surface area contributed by atoms with Crippen molar-refractivity contribution in [1.29, 1.82) is 0 Å². The number of benzene rings is 1. The van der Waals surface area contributed by atoms with Crippen LogP contribution in [-0.4, -0.2) is 0 Å². The summed E-state index contributed by atoms with van der Waals surface area (Å²) in [6.07, 6.45) is 6.87. The van der Waals surface area contributed by atoms with Crippen molar-refractivity contribution >= 4 is 0 Å². The first-order valence-corrected chi connectivity index (χ1v) is 9.53. The average Bonchev–Trinajstić information content (AvgIpc) is 2.51. The Kier molecular flexibility index (Phi) is 6.71. The zero-order valence-corrected chi connectivity index (χ0v) is 16.3. The van der Waals surface area contributed by atoms with Gasteiger partial charge < -0.3 is 0 Å². The van der Waals surface area contributed by atoms with Crippen molar-refractivity contribution in [2.45, 2.75) is 92.9 Å². The van der Waals surface area contributed by atoms with Crippen LogP contribution in [0.1, 0.15) is 90.8 Å². The standard InChI is InChI=1S/C18H26.2C2H6/c1-13-6-7-14-8-9-16-17(2,3)10-5-11-18(16,4)15(14)12-13;2*1-2/h6-7,12,16H,5,8-11H2,1-4H3;2*1-2H3. The zero-order chi connectivity index (χ0) is 17.0. The Bertz CT molecular complexity index is 469. The molecule has 0 spiro atoms. The van der Waals surface area contributed by atoms with Gasteiger partial charge in [0.15, 0.2) is 0 Å². The van der Waals surface area contributed by atoms with Crippen LogP contribution in [0.4, 0.5) is 0 Å². The van der Waals surface area contributed by atoms with Crippen molar-refractivity contribution in [3.8, 4) is 0 Å². The van der Waals surface area contributed by atoms with E-state index in [4.69, 9.17) is 0 Å². The lowest BCUT2D eigenvalue weighted by atomic mass is 9.50. The van der Waals surface area contributed by atoms with E-state index in [-0.39, 0.29) is 0 Å². The minimum Gasteiger partial charge on any atom is -0.0683 e. The largest absolute Gasteiger partial charge is 0.0683 e. The molecule has 22 heavy (non-hydrogen) atoms. The summed E-state index contributed by atoms with van der Waals surface area (Å²) in [7, 11) is 0. The highest BCUT2D eigenvalue weighted by Crippen LogP contribution is 2.56. The van der Waals surface area contributed by atoms with Gasteiger partial charge in [0.2, 0.25) is 0 Å². The molecule has 0 N–H and O–H groups in total. The highest BCUT2D eigenvalue weighted by Gasteiger charge is 2.49. The van der Waals surface area contributed by atoms with E-state index in [0.29, 0.717) is 10.8 Å². The summed E-state index contributed by atoms with van der Waals surface area (Å²) in [5, 5.41) is 0. The van der Waals surface area contributed by atoms with Crippen LogP contribution in [0.15, 0.2) is 18.2 Å². The van der Waals surface area contributed by atoms with Gasteiger partial charge in [-0.2, -0.15) is 0 Å². The molecular weight excluding hydrogens is 264 g/mol. The molecule has 0 radical (unpaired) electrons. The molecule has 0 aliphatic heterocycles. The Hall–Kier alpha value is -0.780. The van der Waals surface area contributed by atoms with E-state index in [1.54, 1.807) is 11.1 Å². The summed E-state index contributed by atoms with van der Waals surface area (Å²) in [5.74, 6) is 0.869. The van der Waals surface area contributed by atoms with Crippen molar-refractivity contribution in [3.63, 3.8) is 0 Å². The fourth-order valence-electron chi connectivity index (χ4n) is 4.89. The van der Waals surface area contributed by atoms with Crippen molar-refractivity contribution in [2.75, 3.05) is 0 Å². The molecular formula is C22H38. The zero-order valence-electron chi connectivity index (χ0n) is 16.3. The molecule has 0 heteroatoms. The van der Waals surface area contributed by atoms with Crippen LogP contribution in [0.25, 0.3) is 0 Å². The van der Waals surface area contributed by atoms with Crippen LogP contribution >= 0.6 is 0 Å². The van der Waals surface area contributed by atoms with Crippen LogP contribution in [0.5, 0.6) is 0 Å². The van der Waals surface area contributed by atoms with Crippen LogP contribution < -0.4 is 0 Å². The second-order valence-corrected chi connectivity index (χ2v) is 7.51. The molecule has 0 nitrogen and oxygen atoms in total. The van der Waals surface area contributed by atoms with Crippen molar-refractivity contribution in [3.05, 3.63) is 34.9 Å². The molecule has 1 aromatic rings. The number of fused-ring (bicyclic) bond motifs is 3. The summed E-state index contributed by atoms with van der Waals surface area (Å²) in [6, 6.07) is 7.15. The van der Waals surface area contributed by atoms with Crippen LogP contribution in [0.3, 0.4) is 0 Å². The van der Waals surface area contributed by atoms with Gasteiger partial charge in [0.1, 0.15) is 0 Å². The summed E-state index contributed by atoms with van der Waals surface area (Å²) >= 11 is 0. The molecule has 1 fully saturated rings. The molecule has 3 rings (SSSR count). The maximum atomic E-state index is 2.54. The number of hydrogen-bond acceptors (Lipinski definition) is 0. The lowest BCUT2D eigenvalue weighted by Gasteiger charge is -2.54. The summed E-state index contributed by atoms with van der Waals surface area (Å²) in [5.41, 5.74) is 5.68. The van der Waals surface area contributed by atoms with Crippen molar-refractivity contribution < 1.29 is 0 Å². The van der Waals surface area contributed by atoms with E-state index >= 15 is 0 Å². The molecule has 1 saturated carbocycles. The third-order valence-corrected chi connectivity index (χ3v) is 5.81. The molecule has 2 unspecified atom stereocenters. The molecule has 0 aromatic heterocycles. The maximum Gasteiger partial charge on any atom is -0.00390 e. The Morgan fingerprint density at radius 1 is 0.955 bits per heavy atom. The van der Waals surface area contributed by atoms with Crippen LogP contribution in [0.2, 0.25) is 0 Å². The smallest absolute Gasteiger partial charge is 0.00390 e. The minimum absolute atomic E-state index is 0.432. The van der Waals surface area contributed by atoms with Gasteiger partial charge in [-0.15, -0.1) is 0 Å². The fraction of sp³-hybridized carbons (Fsp3) is 0.727. The van der Waals surface area contributed by atoms with Gasteiger partial charge in [0, 0.05) is 0 Å². The molecule has 0 amide bonds. The first-order valence-electron chi connectivity index (χ1n) is 9.53. The molecule has 1 aromatic carbocycles. The molecule has 2 aliphatic rings. The summed E-state index contributed by atoms with van der Waals surface area (Å²) in [6.45, 7) is 17.8. The number of rotatable bonds is 0. The SMILES string of the molecule is CC.CC.Cc1ccc2c(c1)C1(C)CCCC(C)(C)C1CC2. The van der Waals surface area contributed by atoms with E-state index < -0.39 is 0 Å². The van der Waals surface area contributed by atoms with E-state index in [1.807, 2.05) is 27.7 Å². The quantitative estimate of drug-likeness (QED) is 0.480. The van der Waals surface area contributed by atoms with E-state index in [0.717, 1.165) is 5.92 Å². The van der Waals surface area contributed by atoms with Crippen molar-refractivity contribution in [2.24, 2.45) is 11.3 Å². The van der Waals surface area contributed by atoms with E-state index in [2.05, 4.69) is 45.9 Å². The molecule has 0 bridgehead atoms. The Labute approximate surface area is 139 Å².